The molecule has 0 N–H and O–H groups in total. The minimum atomic E-state index is -0.781. The molecule has 0 aromatic carbocycles. The lowest BCUT2D eigenvalue weighted by Crippen LogP contribution is -2.77. The van der Waals surface area contributed by atoms with E-state index in [1.807, 2.05) is 13.8 Å². The molecule has 2 spiro atoms. The summed E-state index contributed by atoms with van der Waals surface area (Å²) in [6.07, 6.45) is 3.99. The Balaban J connectivity index is 2.07. The number of ether oxygens (including phenoxy) is 2. The number of hydrogen-bond acceptors (Lipinski definition) is 4. The van der Waals surface area contributed by atoms with Gasteiger partial charge in [0.25, 0.3) is 0 Å². The minimum absolute atomic E-state index is 0.252. The van der Waals surface area contributed by atoms with Gasteiger partial charge in [0.2, 0.25) is 0 Å². The van der Waals surface area contributed by atoms with Gasteiger partial charge in [-0.05, 0) is 36.8 Å². The molecule has 3 rings (SSSR count). The average Bonchev–Trinajstić information content (AvgIpc) is 2.55. The summed E-state index contributed by atoms with van der Waals surface area (Å²) in [6.45, 7) is 12.1. The third-order valence-corrected chi connectivity index (χ3v) is 5.91. The summed E-state index contributed by atoms with van der Waals surface area (Å²) < 4.78 is 10.9. The molecule has 22 heavy (non-hydrogen) atoms. The lowest BCUT2D eigenvalue weighted by Gasteiger charge is -2.64. The third-order valence-electron chi connectivity index (χ3n) is 5.91. The van der Waals surface area contributed by atoms with E-state index in [9.17, 15) is 9.59 Å². The van der Waals surface area contributed by atoms with E-state index in [4.69, 9.17) is 9.47 Å². The predicted molar refractivity (Wildman–Crippen MR) is 82.0 cm³/mol. The first-order valence-corrected chi connectivity index (χ1v) is 8.23. The molecular weight excluding hydrogens is 280 g/mol. The van der Waals surface area contributed by atoms with Gasteiger partial charge in [-0.2, -0.15) is 0 Å². The number of carbonyl (C=O) groups is 2. The van der Waals surface area contributed by atoms with Gasteiger partial charge >= 0.3 is 11.9 Å². The van der Waals surface area contributed by atoms with Gasteiger partial charge < -0.3 is 9.47 Å². The second kappa shape index (κ2) is 4.97. The first-order chi connectivity index (χ1) is 10.5. The SMILES string of the molecule is C=C(CC)C1OC(=O)C12CCCCC21C(=O)OC1C(=C)CC. The molecule has 4 heteroatoms. The molecule has 2 heterocycles. The van der Waals surface area contributed by atoms with Crippen LogP contribution >= 0.6 is 0 Å². The van der Waals surface area contributed by atoms with Crippen molar-refractivity contribution in [2.45, 2.75) is 64.6 Å². The van der Waals surface area contributed by atoms with E-state index in [2.05, 4.69) is 13.2 Å². The first kappa shape index (κ1) is 15.3. The summed E-state index contributed by atoms with van der Waals surface area (Å²) in [5, 5.41) is 0. The van der Waals surface area contributed by atoms with Crippen molar-refractivity contribution >= 4 is 11.9 Å². The highest BCUT2D eigenvalue weighted by molar-refractivity contribution is 5.97. The Kier molecular flexibility index (Phi) is 3.46. The zero-order valence-electron chi connectivity index (χ0n) is 13.4. The summed E-state index contributed by atoms with van der Waals surface area (Å²) in [5.41, 5.74) is 0.218. The van der Waals surface area contributed by atoms with E-state index in [1.165, 1.54) is 0 Å². The van der Waals surface area contributed by atoms with E-state index in [1.54, 1.807) is 0 Å². The molecule has 2 saturated heterocycles. The summed E-state index contributed by atoms with van der Waals surface area (Å²) in [5.74, 6) is -0.505. The summed E-state index contributed by atoms with van der Waals surface area (Å²) in [7, 11) is 0. The van der Waals surface area contributed by atoms with Crippen molar-refractivity contribution in [2.24, 2.45) is 10.8 Å². The molecule has 3 aliphatic rings. The molecular formula is C18H24O4. The molecule has 0 radical (unpaired) electrons. The molecule has 4 unspecified atom stereocenters. The topological polar surface area (TPSA) is 52.6 Å². The molecule has 1 aliphatic carbocycles. The van der Waals surface area contributed by atoms with Crippen molar-refractivity contribution < 1.29 is 19.1 Å². The fourth-order valence-electron chi connectivity index (χ4n) is 4.51. The largest absolute Gasteiger partial charge is 0.456 e. The maximum atomic E-state index is 12.5. The summed E-state index contributed by atoms with van der Waals surface area (Å²) in [6, 6.07) is 0. The molecule has 1 saturated carbocycles. The van der Waals surface area contributed by atoms with E-state index < -0.39 is 10.8 Å². The number of fused-ring (bicyclic) bond motifs is 1. The van der Waals surface area contributed by atoms with Crippen LogP contribution in [-0.2, 0) is 19.1 Å². The maximum absolute atomic E-state index is 12.5. The van der Waals surface area contributed by atoms with Crippen molar-refractivity contribution in [2.75, 3.05) is 0 Å². The first-order valence-electron chi connectivity index (χ1n) is 8.23. The van der Waals surface area contributed by atoms with Gasteiger partial charge in [-0.15, -0.1) is 0 Å². The van der Waals surface area contributed by atoms with Crippen LogP contribution in [0, 0.1) is 10.8 Å². The second-order valence-electron chi connectivity index (χ2n) is 6.74. The summed E-state index contributed by atoms with van der Waals surface area (Å²) in [4.78, 5) is 25.1. The molecule has 0 amide bonds. The Morgan fingerprint density at radius 2 is 1.32 bits per heavy atom. The standard InChI is InChI=1S/C18H24O4/c1-5-11(3)13-17(15(19)21-13)9-7-8-10-18(17)14(12(4)6-2)22-16(18)20/h13-14H,3-10H2,1-2H3. The Morgan fingerprint density at radius 3 is 1.59 bits per heavy atom. The second-order valence-corrected chi connectivity index (χ2v) is 6.74. The molecule has 4 atom stereocenters. The average molecular weight is 304 g/mol. The lowest BCUT2D eigenvalue weighted by atomic mass is 9.45. The normalized spacial score (nSPS) is 39.7. The maximum Gasteiger partial charge on any atom is 0.318 e. The Morgan fingerprint density at radius 1 is 0.955 bits per heavy atom. The van der Waals surface area contributed by atoms with E-state index in [-0.39, 0.29) is 24.1 Å². The monoisotopic (exact) mass is 304 g/mol. The fourth-order valence-corrected chi connectivity index (χ4v) is 4.51. The summed E-state index contributed by atoms with van der Waals surface area (Å²) >= 11 is 0. The van der Waals surface area contributed by atoms with Crippen LogP contribution in [0.3, 0.4) is 0 Å². The van der Waals surface area contributed by atoms with Gasteiger partial charge in [0.1, 0.15) is 23.0 Å². The van der Waals surface area contributed by atoms with Crippen LogP contribution in [0.5, 0.6) is 0 Å². The van der Waals surface area contributed by atoms with Crippen molar-refractivity contribution in [1.29, 1.82) is 0 Å². The van der Waals surface area contributed by atoms with Gasteiger partial charge in [0, 0.05) is 0 Å². The number of rotatable bonds is 4. The number of esters is 2. The van der Waals surface area contributed by atoms with Crippen LogP contribution in [-0.4, -0.2) is 24.1 Å². The molecule has 0 aromatic heterocycles. The zero-order chi connectivity index (χ0) is 16.1. The molecule has 0 aromatic rings. The van der Waals surface area contributed by atoms with Crippen LogP contribution in [0.4, 0.5) is 0 Å². The van der Waals surface area contributed by atoms with Crippen LogP contribution in [0.15, 0.2) is 24.3 Å². The Bertz CT molecular complexity index is 513. The Hall–Kier alpha value is -1.58. The van der Waals surface area contributed by atoms with Crippen LogP contribution in [0.2, 0.25) is 0 Å². The van der Waals surface area contributed by atoms with E-state index >= 15 is 0 Å². The number of hydrogen-bond donors (Lipinski definition) is 0. The number of carbonyl (C=O) groups excluding carboxylic acids is 2. The lowest BCUT2D eigenvalue weighted by molar-refractivity contribution is -0.279. The van der Waals surface area contributed by atoms with Crippen LogP contribution in [0.25, 0.3) is 0 Å². The Labute approximate surface area is 131 Å². The van der Waals surface area contributed by atoms with Crippen molar-refractivity contribution in [3.63, 3.8) is 0 Å². The van der Waals surface area contributed by atoms with Crippen molar-refractivity contribution in [3.05, 3.63) is 24.3 Å². The van der Waals surface area contributed by atoms with Gasteiger partial charge in [0.05, 0.1) is 0 Å². The van der Waals surface area contributed by atoms with E-state index in [0.717, 1.165) is 36.8 Å². The zero-order valence-corrected chi connectivity index (χ0v) is 13.4. The highest BCUT2D eigenvalue weighted by Crippen LogP contribution is 2.67. The highest BCUT2D eigenvalue weighted by Gasteiger charge is 2.80. The quantitative estimate of drug-likeness (QED) is 0.590. The fraction of sp³-hybridized carbons (Fsp3) is 0.667. The minimum Gasteiger partial charge on any atom is -0.456 e. The van der Waals surface area contributed by atoms with Crippen LogP contribution in [0.1, 0.15) is 52.4 Å². The van der Waals surface area contributed by atoms with Crippen LogP contribution < -0.4 is 0 Å². The third kappa shape index (κ3) is 1.53. The van der Waals surface area contributed by atoms with Crippen molar-refractivity contribution in [3.8, 4) is 0 Å². The van der Waals surface area contributed by atoms with E-state index in [0.29, 0.717) is 12.8 Å². The smallest absolute Gasteiger partial charge is 0.318 e. The predicted octanol–water partition coefficient (Wildman–Crippen LogP) is 3.32. The van der Waals surface area contributed by atoms with Gasteiger partial charge in [-0.25, -0.2) is 0 Å². The molecule has 120 valence electrons. The van der Waals surface area contributed by atoms with Crippen molar-refractivity contribution in [1.82, 2.24) is 0 Å². The van der Waals surface area contributed by atoms with Gasteiger partial charge in [0.15, 0.2) is 0 Å². The van der Waals surface area contributed by atoms with Gasteiger partial charge in [-0.1, -0.05) is 39.8 Å². The van der Waals surface area contributed by atoms with Gasteiger partial charge in [-0.3, -0.25) is 9.59 Å². The number of cyclic esters (lactones) is 2. The molecule has 0 bridgehead atoms. The molecule has 2 aliphatic heterocycles. The molecule has 4 nitrogen and oxygen atoms in total. The molecule has 3 fully saturated rings. The highest BCUT2D eigenvalue weighted by atomic mass is 16.6.